The minimum Gasteiger partial charge on any atom is -0.476 e. The van der Waals surface area contributed by atoms with E-state index in [1.807, 2.05) is 0 Å². The molecule has 82 valence electrons. The van der Waals surface area contributed by atoms with Crippen molar-refractivity contribution >= 4 is 0 Å². The first-order chi connectivity index (χ1) is 7.15. The number of aromatic nitrogens is 1. The van der Waals surface area contributed by atoms with Crippen molar-refractivity contribution in [2.75, 3.05) is 6.61 Å². The van der Waals surface area contributed by atoms with Crippen molar-refractivity contribution in [3.8, 4) is 5.88 Å². The molecule has 0 amide bonds. The maximum Gasteiger partial charge on any atom is 0.253 e. The van der Waals surface area contributed by atoms with Crippen molar-refractivity contribution in [3.05, 3.63) is 36.3 Å². The predicted molar refractivity (Wildman–Crippen MR) is 49.0 cm³/mol. The van der Waals surface area contributed by atoms with Gasteiger partial charge in [0.15, 0.2) is 11.6 Å². The quantitative estimate of drug-likeness (QED) is 0.430. The van der Waals surface area contributed by atoms with Gasteiger partial charge in [0.1, 0.15) is 0 Å². The summed E-state index contributed by atoms with van der Waals surface area (Å²) >= 11 is 0. The van der Waals surface area contributed by atoms with Crippen LogP contribution in [-0.4, -0.2) is 11.6 Å². The number of nitrogens with zero attached hydrogens (tertiary/aromatic N) is 1. The smallest absolute Gasteiger partial charge is 0.253 e. The van der Waals surface area contributed by atoms with Crippen LogP contribution in [0.3, 0.4) is 0 Å². The first-order valence-corrected chi connectivity index (χ1v) is 4.40. The second kappa shape index (κ2) is 5.38. The Bertz CT molecular complexity index is 355. The van der Waals surface area contributed by atoms with E-state index in [1.54, 1.807) is 6.08 Å². The molecule has 0 aliphatic carbocycles. The van der Waals surface area contributed by atoms with Gasteiger partial charge in [-0.15, -0.1) is 6.58 Å². The first kappa shape index (κ1) is 11.6. The fourth-order valence-corrected chi connectivity index (χ4v) is 0.926. The molecule has 0 radical (unpaired) electrons. The van der Waals surface area contributed by atoms with Crippen LogP contribution in [0.5, 0.6) is 5.88 Å². The summed E-state index contributed by atoms with van der Waals surface area (Å²) in [5.41, 5.74) is 0. The normalized spacial score (nSPS) is 10.1. The number of allylic oxidation sites excluding steroid dienone is 1. The van der Waals surface area contributed by atoms with Gasteiger partial charge in [-0.1, -0.05) is 6.08 Å². The summed E-state index contributed by atoms with van der Waals surface area (Å²) in [6.45, 7) is 3.68. The molecule has 0 aliphatic rings. The Morgan fingerprint density at radius 1 is 1.33 bits per heavy atom. The zero-order valence-corrected chi connectivity index (χ0v) is 7.97. The van der Waals surface area contributed by atoms with Gasteiger partial charge in [-0.05, 0) is 12.8 Å². The Labute approximate surface area is 85.4 Å². The topological polar surface area (TPSA) is 22.1 Å². The van der Waals surface area contributed by atoms with Crippen LogP contribution >= 0.6 is 0 Å². The van der Waals surface area contributed by atoms with Crippen molar-refractivity contribution < 1.29 is 17.9 Å². The summed E-state index contributed by atoms with van der Waals surface area (Å²) < 4.78 is 42.8. The first-order valence-electron chi connectivity index (χ1n) is 4.40. The fourth-order valence-electron chi connectivity index (χ4n) is 0.926. The van der Waals surface area contributed by atoms with E-state index >= 15 is 0 Å². The molecule has 5 heteroatoms. The minimum absolute atomic E-state index is 0.182. The highest BCUT2D eigenvalue weighted by atomic mass is 19.2. The molecule has 0 fully saturated rings. The van der Waals surface area contributed by atoms with E-state index in [-0.39, 0.29) is 6.61 Å². The van der Waals surface area contributed by atoms with E-state index in [1.165, 1.54) is 0 Å². The highest BCUT2D eigenvalue weighted by Gasteiger charge is 2.12. The standard InChI is InChI=1S/C10H10F3NO/c1-2-3-4-5-15-10-8(12)6-7(11)9(13)14-10/h2,6H,1,3-5H2. The maximum atomic E-state index is 12.9. The molecule has 0 bridgehead atoms. The van der Waals surface area contributed by atoms with Gasteiger partial charge in [0, 0.05) is 6.07 Å². The minimum atomic E-state index is -1.37. The third-order valence-electron chi connectivity index (χ3n) is 1.65. The van der Waals surface area contributed by atoms with Gasteiger partial charge in [0.25, 0.3) is 11.8 Å². The molecule has 0 N–H and O–H groups in total. The largest absolute Gasteiger partial charge is 0.476 e. The lowest BCUT2D eigenvalue weighted by Crippen LogP contribution is -2.03. The number of halogens is 3. The van der Waals surface area contributed by atoms with Crippen LogP contribution in [0.1, 0.15) is 12.8 Å². The number of ether oxygens (including phenoxy) is 1. The fraction of sp³-hybridized carbons (Fsp3) is 0.300. The van der Waals surface area contributed by atoms with Crippen LogP contribution in [-0.2, 0) is 0 Å². The molecule has 0 unspecified atom stereocenters. The second-order valence-electron chi connectivity index (χ2n) is 2.83. The zero-order valence-electron chi connectivity index (χ0n) is 7.97. The average molecular weight is 217 g/mol. The van der Waals surface area contributed by atoms with Gasteiger partial charge in [0.05, 0.1) is 6.61 Å². The second-order valence-corrected chi connectivity index (χ2v) is 2.83. The molecule has 0 saturated carbocycles. The molecule has 2 nitrogen and oxygen atoms in total. The van der Waals surface area contributed by atoms with E-state index in [4.69, 9.17) is 4.74 Å². The average Bonchev–Trinajstić information content (AvgIpc) is 2.20. The summed E-state index contributed by atoms with van der Waals surface area (Å²) in [7, 11) is 0. The van der Waals surface area contributed by atoms with Crippen molar-refractivity contribution in [3.63, 3.8) is 0 Å². The molecule has 1 aromatic heterocycles. The van der Waals surface area contributed by atoms with Gasteiger partial charge >= 0.3 is 0 Å². The molecule has 0 saturated heterocycles. The Morgan fingerprint density at radius 2 is 2.07 bits per heavy atom. The molecular formula is C10H10F3NO. The van der Waals surface area contributed by atoms with Crippen LogP contribution in [0.25, 0.3) is 0 Å². The number of pyridine rings is 1. The summed E-state index contributed by atoms with van der Waals surface area (Å²) in [5, 5.41) is 0. The van der Waals surface area contributed by atoms with E-state index in [0.717, 1.165) is 0 Å². The van der Waals surface area contributed by atoms with E-state index in [0.29, 0.717) is 18.9 Å². The Balaban J connectivity index is 2.61. The van der Waals surface area contributed by atoms with Crippen molar-refractivity contribution in [1.82, 2.24) is 4.98 Å². The maximum absolute atomic E-state index is 12.9. The van der Waals surface area contributed by atoms with Crippen LogP contribution in [0.4, 0.5) is 13.2 Å². The SMILES string of the molecule is C=CCCCOc1nc(F)c(F)cc1F. The van der Waals surface area contributed by atoms with Crippen LogP contribution < -0.4 is 4.74 Å². The monoisotopic (exact) mass is 217 g/mol. The molecular weight excluding hydrogens is 207 g/mol. The summed E-state index contributed by atoms with van der Waals surface area (Å²) in [5.74, 6) is -4.22. The molecule has 1 rings (SSSR count). The third-order valence-corrected chi connectivity index (χ3v) is 1.65. The Hall–Kier alpha value is -1.52. The van der Waals surface area contributed by atoms with Crippen LogP contribution in [0, 0.1) is 17.6 Å². The number of unbranched alkanes of at least 4 members (excludes halogenated alkanes) is 1. The summed E-state index contributed by atoms with van der Waals surface area (Å²) in [6.07, 6.45) is 2.99. The highest BCUT2D eigenvalue weighted by Crippen LogP contribution is 2.16. The summed E-state index contributed by atoms with van der Waals surface area (Å²) in [6, 6.07) is 0.408. The Morgan fingerprint density at radius 3 is 2.73 bits per heavy atom. The molecule has 0 atom stereocenters. The number of hydrogen-bond acceptors (Lipinski definition) is 2. The van der Waals surface area contributed by atoms with Gasteiger partial charge in [-0.2, -0.15) is 9.37 Å². The van der Waals surface area contributed by atoms with Gasteiger partial charge in [0.2, 0.25) is 0 Å². The summed E-state index contributed by atoms with van der Waals surface area (Å²) in [4.78, 5) is 3.01. The highest BCUT2D eigenvalue weighted by molar-refractivity contribution is 5.15. The molecule has 0 aliphatic heterocycles. The molecule has 0 spiro atoms. The van der Waals surface area contributed by atoms with Gasteiger partial charge < -0.3 is 4.74 Å². The lowest BCUT2D eigenvalue weighted by molar-refractivity contribution is 0.275. The van der Waals surface area contributed by atoms with E-state index in [2.05, 4.69) is 11.6 Å². The molecule has 1 heterocycles. The molecule has 1 aromatic rings. The van der Waals surface area contributed by atoms with Crippen molar-refractivity contribution in [2.24, 2.45) is 0 Å². The van der Waals surface area contributed by atoms with Crippen LogP contribution in [0.2, 0.25) is 0 Å². The molecule has 0 aromatic carbocycles. The molecule has 15 heavy (non-hydrogen) atoms. The zero-order chi connectivity index (χ0) is 11.3. The number of hydrogen-bond donors (Lipinski definition) is 0. The number of rotatable bonds is 5. The third kappa shape index (κ3) is 3.27. The predicted octanol–water partition coefficient (Wildman–Crippen LogP) is 2.84. The van der Waals surface area contributed by atoms with Gasteiger partial charge in [-0.3, -0.25) is 0 Å². The Kier molecular flexibility index (Phi) is 4.15. The van der Waals surface area contributed by atoms with Gasteiger partial charge in [-0.25, -0.2) is 8.78 Å². The van der Waals surface area contributed by atoms with Crippen LogP contribution in [0.15, 0.2) is 18.7 Å². The lowest BCUT2D eigenvalue weighted by Gasteiger charge is -2.05. The van der Waals surface area contributed by atoms with Crippen molar-refractivity contribution in [2.45, 2.75) is 12.8 Å². The van der Waals surface area contributed by atoms with Crippen molar-refractivity contribution in [1.29, 1.82) is 0 Å². The van der Waals surface area contributed by atoms with E-state index in [9.17, 15) is 13.2 Å². The van der Waals surface area contributed by atoms with E-state index < -0.39 is 23.5 Å². The lowest BCUT2D eigenvalue weighted by atomic mass is 10.3.